The Bertz CT molecular complexity index is 813. The topological polar surface area (TPSA) is 59.8 Å². The van der Waals surface area contributed by atoms with Crippen molar-refractivity contribution in [2.45, 2.75) is 12.1 Å². The number of halogens is 1. The number of thioether (sulfide) groups is 1. The van der Waals surface area contributed by atoms with Crippen LogP contribution in [0.15, 0.2) is 51.7 Å². The molecule has 0 aliphatic rings. The summed E-state index contributed by atoms with van der Waals surface area (Å²) in [6.45, 7) is 1.90. The summed E-state index contributed by atoms with van der Waals surface area (Å²) < 4.78 is 2.98. The van der Waals surface area contributed by atoms with Crippen molar-refractivity contribution in [1.82, 2.24) is 14.5 Å². The van der Waals surface area contributed by atoms with Gasteiger partial charge in [0, 0.05) is 27.9 Å². The van der Waals surface area contributed by atoms with Crippen LogP contribution in [0, 0.1) is 6.92 Å². The van der Waals surface area contributed by atoms with E-state index in [2.05, 4.69) is 31.2 Å². The predicted octanol–water partition coefficient (Wildman–Crippen LogP) is 4.13. The summed E-state index contributed by atoms with van der Waals surface area (Å²) in [5.41, 5.74) is 1.91. The Hall–Kier alpha value is -1.64. The third kappa shape index (κ3) is 4.21. The van der Waals surface area contributed by atoms with Gasteiger partial charge in [-0.2, -0.15) is 0 Å². The molecule has 0 saturated heterocycles. The number of imidazole rings is 1. The Morgan fingerprint density at radius 2 is 2.17 bits per heavy atom. The summed E-state index contributed by atoms with van der Waals surface area (Å²) in [7, 11) is 0. The lowest BCUT2D eigenvalue weighted by molar-refractivity contribution is -0.113. The van der Waals surface area contributed by atoms with Crippen LogP contribution in [0.3, 0.4) is 0 Å². The fourth-order valence-corrected chi connectivity index (χ4v) is 3.63. The van der Waals surface area contributed by atoms with Crippen molar-refractivity contribution in [1.29, 1.82) is 0 Å². The Kier molecular flexibility index (Phi) is 5.14. The molecular formula is C15H13BrN4OS2. The third-order valence-electron chi connectivity index (χ3n) is 2.91. The summed E-state index contributed by atoms with van der Waals surface area (Å²) in [6.07, 6.45) is 3.61. The van der Waals surface area contributed by atoms with E-state index in [4.69, 9.17) is 0 Å². The molecule has 1 aromatic carbocycles. The van der Waals surface area contributed by atoms with Gasteiger partial charge < -0.3 is 5.32 Å². The zero-order valence-electron chi connectivity index (χ0n) is 12.2. The van der Waals surface area contributed by atoms with Crippen LogP contribution in [0.4, 0.5) is 5.13 Å². The first kappa shape index (κ1) is 16.2. The van der Waals surface area contributed by atoms with Gasteiger partial charge in [-0.05, 0) is 31.2 Å². The molecule has 0 radical (unpaired) electrons. The molecular weight excluding hydrogens is 396 g/mol. The van der Waals surface area contributed by atoms with Crippen LogP contribution >= 0.6 is 39.0 Å². The number of benzene rings is 1. The highest BCUT2D eigenvalue weighted by Gasteiger charge is 2.10. The van der Waals surface area contributed by atoms with Crippen LogP contribution in [0.5, 0.6) is 0 Å². The number of anilines is 1. The quantitative estimate of drug-likeness (QED) is 0.644. The van der Waals surface area contributed by atoms with Gasteiger partial charge in [0.1, 0.15) is 0 Å². The summed E-state index contributed by atoms with van der Waals surface area (Å²) in [4.78, 5) is 20.5. The summed E-state index contributed by atoms with van der Waals surface area (Å²) in [5.74, 6) is 0.196. The molecule has 0 bridgehead atoms. The molecule has 0 saturated carbocycles. The molecule has 23 heavy (non-hydrogen) atoms. The van der Waals surface area contributed by atoms with E-state index in [1.165, 1.54) is 23.1 Å². The van der Waals surface area contributed by atoms with E-state index in [0.717, 1.165) is 21.0 Å². The second-order valence-electron chi connectivity index (χ2n) is 4.69. The van der Waals surface area contributed by atoms with E-state index < -0.39 is 0 Å². The van der Waals surface area contributed by atoms with E-state index in [9.17, 15) is 4.79 Å². The van der Waals surface area contributed by atoms with E-state index in [-0.39, 0.29) is 11.7 Å². The Labute approximate surface area is 150 Å². The van der Waals surface area contributed by atoms with Crippen molar-refractivity contribution >= 4 is 50.1 Å². The van der Waals surface area contributed by atoms with Gasteiger partial charge in [-0.15, -0.1) is 11.3 Å². The summed E-state index contributed by atoms with van der Waals surface area (Å²) in [5, 5.41) is 6.11. The van der Waals surface area contributed by atoms with Crippen LogP contribution in [0.25, 0.3) is 5.69 Å². The van der Waals surface area contributed by atoms with E-state index in [1.54, 1.807) is 6.20 Å². The molecule has 0 unspecified atom stereocenters. The number of rotatable bonds is 5. The molecule has 5 nitrogen and oxygen atoms in total. The molecule has 1 amide bonds. The summed E-state index contributed by atoms with van der Waals surface area (Å²) in [6, 6.07) is 7.94. The van der Waals surface area contributed by atoms with Crippen LogP contribution in [-0.2, 0) is 4.79 Å². The molecule has 2 aromatic heterocycles. The van der Waals surface area contributed by atoms with Crippen LogP contribution in [0.2, 0.25) is 0 Å². The van der Waals surface area contributed by atoms with Gasteiger partial charge in [-0.25, -0.2) is 9.97 Å². The molecule has 0 atom stereocenters. The highest BCUT2D eigenvalue weighted by Crippen LogP contribution is 2.22. The average molecular weight is 409 g/mol. The lowest BCUT2D eigenvalue weighted by Crippen LogP contribution is -2.14. The number of thiazole rings is 1. The van der Waals surface area contributed by atoms with Crippen LogP contribution in [-0.4, -0.2) is 26.2 Å². The van der Waals surface area contributed by atoms with E-state index >= 15 is 0 Å². The Morgan fingerprint density at radius 3 is 2.87 bits per heavy atom. The van der Waals surface area contributed by atoms with E-state index in [0.29, 0.717) is 5.13 Å². The number of amides is 1. The molecule has 0 aliphatic carbocycles. The number of hydrogen-bond acceptors (Lipinski definition) is 5. The number of hydrogen-bond donors (Lipinski definition) is 1. The Balaban J connectivity index is 1.64. The molecule has 8 heteroatoms. The van der Waals surface area contributed by atoms with Gasteiger partial charge in [-0.3, -0.25) is 9.36 Å². The van der Waals surface area contributed by atoms with Crippen LogP contribution < -0.4 is 5.32 Å². The van der Waals surface area contributed by atoms with Crippen molar-refractivity contribution in [3.8, 4) is 5.69 Å². The zero-order valence-corrected chi connectivity index (χ0v) is 15.4. The predicted molar refractivity (Wildman–Crippen MR) is 97.5 cm³/mol. The van der Waals surface area contributed by atoms with Gasteiger partial charge in [-0.1, -0.05) is 27.7 Å². The molecule has 3 rings (SSSR count). The van der Waals surface area contributed by atoms with Gasteiger partial charge >= 0.3 is 0 Å². The van der Waals surface area contributed by atoms with Crippen molar-refractivity contribution < 1.29 is 4.79 Å². The van der Waals surface area contributed by atoms with Crippen molar-refractivity contribution in [3.63, 3.8) is 0 Å². The van der Waals surface area contributed by atoms with Crippen LogP contribution in [0.1, 0.15) is 5.69 Å². The molecule has 0 aliphatic heterocycles. The molecule has 3 aromatic rings. The van der Waals surface area contributed by atoms with Gasteiger partial charge in [0.05, 0.1) is 11.4 Å². The molecule has 1 N–H and O–H groups in total. The first-order valence-corrected chi connectivity index (χ1v) is 9.42. The molecule has 2 heterocycles. The minimum Gasteiger partial charge on any atom is -0.301 e. The number of carbonyl (C=O) groups is 1. The molecule has 0 fully saturated rings. The zero-order chi connectivity index (χ0) is 16.2. The lowest BCUT2D eigenvalue weighted by Gasteiger charge is -2.07. The van der Waals surface area contributed by atoms with Gasteiger partial charge in [0.25, 0.3) is 0 Å². The highest BCUT2D eigenvalue weighted by molar-refractivity contribution is 9.10. The highest BCUT2D eigenvalue weighted by atomic mass is 79.9. The first-order chi connectivity index (χ1) is 11.1. The second kappa shape index (κ2) is 7.29. The monoisotopic (exact) mass is 408 g/mol. The van der Waals surface area contributed by atoms with Crippen molar-refractivity contribution in [3.05, 3.63) is 52.2 Å². The summed E-state index contributed by atoms with van der Waals surface area (Å²) >= 11 is 6.24. The molecule has 118 valence electrons. The number of aromatic nitrogens is 3. The fourth-order valence-electron chi connectivity index (χ4n) is 1.89. The number of nitrogens with zero attached hydrogens (tertiary/aromatic N) is 3. The van der Waals surface area contributed by atoms with E-state index in [1.807, 2.05) is 47.3 Å². The molecule has 0 spiro atoms. The maximum absolute atomic E-state index is 12.0. The maximum Gasteiger partial charge on any atom is 0.236 e. The standard InChI is InChI=1S/C15H13BrN4OS2/c1-10-8-22-14(18-10)19-13(21)9-23-15-17-6-7-20(15)12-4-2-11(16)3-5-12/h2-8H,9H2,1H3,(H,18,19,21). The normalized spacial score (nSPS) is 10.7. The minimum absolute atomic E-state index is 0.0882. The first-order valence-electron chi connectivity index (χ1n) is 6.76. The van der Waals surface area contributed by atoms with Crippen molar-refractivity contribution in [2.24, 2.45) is 0 Å². The number of nitrogens with one attached hydrogen (secondary N) is 1. The average Bonchev–Trinajstić information content (AvgIpc) is 3.15. The van der Waals surface area contributed by atoms with Gasteiger partial charge in [0.15, 0.2) is 10.3 Å². The largest absolute Gasteiger partial charge is 0.301 e. The third-order valence-corrected chi connectivity index (χ3v) is 5.28. The SMILES string of the molecule is Cc1csc(NC(=O)CSc2nccn2-c2ccc(Br)cc2)n1. The fraction of sp³-hybridized carbons (Fsp3) is 0.133. The van der Waals surface area contributed by atoms with Gasteiger partial charge in [0.2, 0.25) is 5.91 Å². The Morgan fingerprint density at radius 1 is 1.39 bits per heavy atom. The maximum atomic E-state index is 12.0. The van der Waals surface area contributed by atoms with Crippen molar-refractivity contribution in [2.75, 3.05) is 11.1 Å². The smallest absolute Gasteiger partial charge is 0.236 e. The number of carbonyl (C=O) groups excluding carboxylic acids is 1. The number of aryl methyl sites for hydroxylation is 1. The lowest BCUT2D eigenvalue weighted by atomic mass is 10.3. The second-order valence-corrected chi connectivity index (χ2v) is 7.40. The minimum atomic E-state index is -0.0882.